The third kappa shape index (κ3) is 6.04. The smallest absolute Gasteiger partial charge is 0.422 e. The van der Waals surface area contributed by atoms with Crippen molar-refractivity contribution in [2.24, 2.45) is 0 Å². The van der Waals surface area contributed by atoms with Crippen LogP contribution in [0.3, 0.4) is 0 Å². The highest BCUT2D eigenvalue weighted by Gasteiger charge is 2.30. The minimum absolute atomic E-state index is 0.0143. The van der Waals surface area contributed by atoms with Gasteiger partial charge in [0.15, 0.2) is 13.2 Å². The van der Waals surface area contributed by atoms with Crippen molar-refractivity contribution in [1.82, 2.24) is 25.5 Å². The highest BCUT2D eigenvalue weighted by atomic mass is 19.4. The molecule has 0 saturated carbocycles. The van der Waals surface area contributed by atoms with E-state index in [1.54, 1.807) is 7.05 Å². The van der Waals surface area contributed by atoms with Crippen molar-refractivity contribution in [3.8, 4) is 17.4 Å². The third-order valence-electron chi connectivity index (χ3n) is 3.72. The Morgan fingerprint density at radius 1 is 1.00 bits per heavy atom. The fraction of sp³-hybridized carbons (Fsp3) is 0.294. The van der Waals surface area contributed by atoms with Crippen LogP contribution in [0.2, 0.25) is 0 Å². The van der Waals surface area contributed by atoms with E-state index in [9.17, 15) is 31.1 Å². The number of hydrogen-bond acceptors (Lipinski definition) is 7. The molecular weight excluding hydrogens is 436 g/mol. The lowest BCUT2D eigenvalue weighted by Gasteiger charge is -2.16. The van der Waals surface area contributed by atoms with E-state index in [-0.39, 0.29) is 17.1 Å². The Hall–Kier alpha value is -3.42. The Kier molecular flexibility index (Phi) is 6.01. The van der Waals surface area contributed by atoms with Crippen molar-refractivity contribution in [3.63, 3.8) is 0 Å². The maximum Gasteiger partial charge on any atom is 0.422 e. The van der Waals surface area contributed by atoms with Crippen molar-refractivity contribution in [2.45, 2.75) is 12.4 Å². The molecule has 2 heterocycles. The summed E-state index contributed by atoms with van der Waals surface area (Å²) in [6.45, 7) is -3.23. The van der Waals surface area contributed by atoms with Crippen molar-refractivity contribution in [1.29, 1.82) is 0 Å². The lowest BCUT2D eigenvalue weighted by atomic mass is 10.3. The number of ether oxygens (including phenoxy) is 2. The molecule has 1 aliphatic rings. The molecule has 168 valence electrons. The fourth-order valence-electron chi connectivity index (χ4n) is 2.47. The summed E-state index contributed by atoms with van der Waals surface area (Å²) in [5.74, 6) is -0.147. The first kappa shape index (κ1) is 22.3. The number of hydrogen-bond donors (Lipinski definition) is 2. The molecule has 0 spiro atoms. The lowest BCUT2D eigenvalue weighted by molar-refractivity contribution is -0.155. The third-order valence-corrected chi connectivity index (χ3v) is 3.72. The van der Waals surface area contributed by atoms with Crippen LogP contribution < -0.4 is 25.9 Å². The molecule has 3 rings (SSSR count). The molecule has 8 nitrogen and oxygen atoms in total. The van der Waals surface area contributed by atoms with Crippen LogP contribution in [0.15, 0.2) is 41.3 Å². The van der Waals surface area contributed by atoms with Gasteiger partial charge in [-0.25, -0.2) is 4.57 Å². The van der Waals surface area contributed by atoms with E-state index in [4.69, 9.17) is 4.74 Å². The molecule has 0 fully saturated rings. The maximum absolute atomic E-state index is 12.7. The van der Waals surface area contributed by atoms with E-state index >= 15 is 0 Å². The van der Waals surface area contributed by atoms with Crippen LogP contribution in [0, 0.1) is 0 Å². The second-order valence-corrected chi connectivity index (χ2v) is 6.26. The second-order valence-electron chi connectivity index (χ2n) is 6.26. The molecule has 31 heavy (non-hydrogen) atoms. The fourth-order valence-corrected chi connectivity index (χ4v) is 2.47. The summed E-state index contributed by atoms with van der Waals surface area (Å²) in [6.07, 6.45) is -7.80. The minimum atomic E-state index is -4.69. The van der Waals surface area contributed by atoms with Crippen LogP contribution in [0.25, 0.3) is 11.4 Å². The Labute approximate surface area is 170 Å². The zero-order valence-corrected chi connectivity index (χ0v) is 15.7. The largest absolute Gasteiger partial charge is 0.484 e. The molecular formula is C17H15F6N5O3. The molecule has 0 radical (unpaired) electrons. The molecule has 0 aliphatic carbocycles. The van der Waals surface area contributed by atoms with Crippen molar-refractivity contribution in [3.05, 3.63) is 52.6 Å². The predicted molar refractivity (Wildman–Crippen MR) is 94.9 cm³/mol. The van der Waals surface area contributed by atoms with E-state index in [1.807, 2.05) is 0 Å². The van der Waals surface area contributed by atoms with Gasteiger partial charge in [0.1, 0.15) is 11.4 Å². The molecule has 0 saturated heterocycles. The summed E-state index contributed by atoms with van der Waals surface area (Å²) < 4.78 is 84.9. The monoisotopic (exact) mass is 451 g/mol. The van der Waals surface area contributed by atoms with Gasteiger partial charge in [-0.3, -0.25) is 10.2 Å². The Morgan fingerprint density at radius 3 is 2.16 bits per heavy atom. The van der Waals surface area contributed by atoms with Crippen LogP contribution in [0.5, 0.6) is 11.8 Å². The van der Waals surface area contributed by atoms with Gasteiger partial charge in [-0.1, -0.05) is 0 Å². The maximum atomic E-state index is 12.7. The molecule has 2 N–H and O–H groups in total. The summed E-state index contributed by atoms with van der Waals surface area (Å²) in [7, 11) is 1.61. The number of nitrogens with one attached hydrogen (secondary N) is 2. The predicted octanol–water partition coefficient (Wildman–Crippen LogP) is 2.37. The average molecular weight is 451 g/mol. The number of nitrogens with zero attached hydrogens (tertiary/aromatic N) is 3. The molecule has 1 aromatic carbocycles. The van der Waals surface area contributed by atoms with Crippen molar-refractivity contribution in [2.75, 3.05) is 20.3 Å². The van der Waals surface area contributed by atoms with Crippen LogP contribution in [-0.2, 0) is 0 Å². The molecule has 1 aliphatic heterocycles. The average Bonchev–Trinajstić information content (AvgIpc) is 3.10. The Bertz CT molecular complexity index is 1020. The molecule has 1 aromatic heterocycles. The highest BCUT2D eigenvalue weighted by molar-refractivity contribution is 5.61. The normalized spacial score (nSPS) is 14.6. The van der Waals surface area contributed by atoms with Gasteiger partial charge >= 0.3 is 18.4 Å². The first-order valence-corrected chi connectivity index (χ1v) is 8.52. The van der Waals surface area contributed by atoms with Crippen LogP contribution >= 0.6 is 0 Å². The number of alkyl halides is 6. The number of halogens is 6. The van der Waals surface area contributed by atoms with Crippen molar-refractivity contribution < 1.29 is 35.8 Å². The van der Waals surface area contributed by atoms with Gasteiger partial charge in [-0.05, 0) is 24.3 Å². The number of benzene rings is 1. The van der Waals surface area contributed by atoms with Gasteiger partial charge in [0.05, 0.1) is 11.4 Å². The number of aromatic nitrogens is 2. The SMILES string of the molecule is CN1NC=C(c2cc(=O)n(-c3ccc(OCC(F)(F)F)cc3)c(OCC(F)(F)F)n2)N1. The summed E-state index contributed by atoms with van der Waals surface area (Å²) in [6, 6.07) is 5.06. The molecule has 14 heteroatoms. The molecule has 0 bridgehead atoms. The van der Waals surface area contributed by atoms with Gasteiger partial charge in [-0.15, -0.1) is 5.12 Å². The van der Waals surface area contributed by atoms with Gasteiger partial charge in [0.2, 0.25) is 0 Å². The highest BCUT2D eigenvalue weighted by Crippen LogP contribution is 2.23. The van der Waals surface area contributed by atoms with E-state index < -0.39 is 37.1 Å². The number of rotatable bonds is 6. The van der Waals surface area contributed by atoms with Gasteiger partial charge in [0, 0.05) is 19.3 Å². The summed E-state index contributed by atoms with van der Waals surface area (Å²) in [5.41, 5.74) is 5.07. The van der Waals surface area contributed by atoms with E-state index in [1.165, 1.54) is 23.5 Å². The van der Waals surface area contributed by atoms with Crippen LogP contribution in [0.4, 0.5) is 26.3 Å². The first-order chi connectivity index (χ1) is 14.4. The standard InChI is InChI=1S/C17H15F6N5O3/c1-27-24-7-13(26-27)12-6-14(29)28(15(25-12)31-9-17(21,22)23)10-2-4-11(5-3-10)30-8-16(18,19)20/h2-7,24,26H,8-9H2,1H3. The molecule has 0 unspecified atom stereocenters. The van der Waals surface area contributed by atoms with Gasteiger partial charge < -0.3 is 14.9 Å². The molecule has 0 amide bonds. The summed E-state index contributed by atoms with van der Waals surface area (Å²) in [4.78, 5) is 16.6. The number of hydrazine groups is 2. The molecule has 0 atom stereocenters. The summed E-state index contributed by atoms with van der Waals surface area (Å²) in [5, 5.41) is 1.42. The minimum Gasteiger partial charge on any atom is -0.484 e. The van der Waals surface area contributed by atoms with E-state index in [2.05, 4.69) is 20.6 Å². The quantitative estimate of drug-likeness (QED) is 0.653. The van der Waals surface area contributed by atoms with Crippen molar-refractivity contribution >= 4 is 5.70 Å². The Morgan fingerprint density at radius 2 is 1.61 bits per heavy atom. The van der Waals surface area contributed by atoms with E-state index in [0.29, 0.717) is 5.70 Å². The zero-order chi connectivity index (χ0) is 22.8. The summed E-state index contributed by atoms with van der Waals surface area (Å²) >= 11 is 0. The van der Waals surface area contributed by atoms with E-state index in [0.717, 1.165) is 22.8 Å². The molecule has 2 aromatic rings. The zero-order valence-electron chi connectivity index (χ0n) is 15.7. The van der Waals surface area contributed by atoms with Crippen LogP contribution in [-0.4, -0.2) is 47.3 Å². The van der Waals surface area contributed by atoms with Crippen LogP contribution in [0.1, 0.15) is 5.69 Å². The lowest BCUT2D eigenvalue weighted by Crippen LogP contribution is -2.34. The second kappa shape index (κ2) is 8.37. The first-order valence-electron chi connectivity index (χ1n) is 8.52. The topological polar surface area (TPSA) is 80.7 Å². The van der Waals surface area contributed by atoms with Gasteiger partial charge in [-0.2, -0.15) is 31.3 Å². The Balaban J connectivity index is 1.95. The van der Waals surface area contributed by atoms with Gasteiger partial charge in [0.25, 0.3) is 5.56 Å².